The number of halogens is 3. The number of aryl methyl sites for hydroxylation is 2. The quantitative estimate of drug-likeness (QED) is 0.380. The minimum atomic E-state index is -5.87. The smallest absolute Gasteiger partial charge is 0.336 e. The van der Waals surface area contributed by atoms with Crippen LogP contribution in [-0.4, -0.2) is 38.1 Å². The highest BCUT2D eigenvalue weighted by Gasteiger charge is 2.49. The molecule has 4 aromatic rings. The molecule has 12 heteroatoms. The first-order valence-corrected chi connectivity index (χ1v) is 9.25. The van der Waals surface area contributed by atoms with Gasteiger partial charge in [-0.05, 0) is 30.7 Å². The lowest BCUT2D eigenvalue weighted by Gasteiger charge is -2.08. The molecule has 0 aromatic carbocycles. The number of rotatable bonds is 3. The number of nitrogens with zero attached hydrogens (tertiary/aromatic N) is 5. The van der Waals surface area contributed by atoms with Crippen LogP contribution in [0, 0.1) is 6.92 Å². The first-order chi connectivity index (χ1) is 13.1. The first-order valence-electron chi connectivity index (χ1n) is 7.84. The maximum absolute atomic E-state index is 12.5. The molecule has 0 aliphatic rings. The molecule has 0 atom stereocenters. The molecule has 0 bridgehead atoms. The molecular weight excluding hydrogens is 399 g/mol. The Kier molecular flexibility index (Phi) is 3.86. The van der Waals surface area contributed by atoms with Gasteiger partial charge in [0.1, 0.15) is 5.65 Å². The maximum Gasteiger partial charge on any atom is 0.534 e. The first kappa shape index (κ1) is 18.2. The van der Waals surface area contributed by atoms with Crippen molar-refractivity contribution < 1.29 is 25.8 Å². The highest BCUT2D eigenvalue weighted by atomic mass is 32.2. The predicted molar refractivity (Wildman–Crippen MR) is 93.0 cm³/mol. The van der Waals surface area contributed by atoms with Crippen LogP contribution in [0.3, 0.4) is 0 Å². The van der Waals surface area contributed by atoms with Crippen molar-refractivity contribution >= 4 is 26.7 Å². The van der Waals surface area contributed by atoms with Crippen molar-refractivity contribution in [2.24, 2.45) is 7.05 Å². The van der Waals surface area contributed by atoms with Crippen molar-refractivity contribution in [1.29, 1.82) is 0 Å². The average molecular weight is 411 g/mol. The van der Waals surface area contributed by atoms with Crippen molar-refractivity contribution in [3.63, 3.8) is 0 Å². The van der Waals surface area contributed by atoms with E-state index in [0.29, 0.717) is 16.8 Å². The molecule has 4 rings (SSSR count). The zero-order valence-electron chi connectivity index (χ0n) is 14.5. The van der Waals surface area contributed by atoms with Crippen LogP contribution in [0.15, 0.2) is 36.8 Å². The molecule has 0 aliphatic carbocycles. The van der Waals surface area contributed by atoms with E-state index in [9.17, 15) is 21.6 Å². The summed E-state index contributed by atoms with van der Waals surface area (Å²) in [5.41, 5.74) is -2.44. The van der Waals surface area contributed by atoms with Crippen molar-refractivity contribution in [3.8, 4) is 17.3 Å². The maximum atomic E-state index is 12.5. The Balaban J connectivity index is 1.84. The fraction of sp³-hybridized carbons (Fsp3) is 0.188. The molecule has 0 radical (unpaired) electrons. The summed E-state index contributed by atoms with van der Waals surface area (Å²) in [5.74, 6) is 0. The summed E-state index contributed by atoms with van der Waals surface area (Å²) >= 11 is 0. The van der Waals surface area contributed by atoms with Gasteiger partial charge in [0.25, 0.3) is 0 Å². The number of aromatic nitrogens is 5. The highest BCUT2D eigenvalue weighted by Crippen LogP contribution is 2.29. The molecular formula is C16H12F3N5O3S. The van der Waals surface area contributed by atoms with Gasteiger partial charge in [0.05, 0.1) is 17.4 Å². The van der Waals surface area contributed by atoms with Crippen molar-refractivity contribution in [2.45, 2.75) is 12.4 Å². The van der Waals surface area contributed by atoms with Gasteiger partial charge >= 0.3 is 21.6 Å². The van der Waals surface area contributed by atoms with E-state index < -0.39 is 21.6 Å². The topological polar surface area (TPSA) is 91.4 Å². The highest BCUT2D eigenvalue weighted by molar-refractivity contribution is 7.87. The van der Waals surface area contributed by atoms with E-state index >= 15 is 0 Å². The van der Waals surface area contributed by atoms with Crippen LogP contribution in [0.2, 0.25) is 0 Å². The molecule has 4 aromatic heterocycles. The molecule has 146 valence electrons. The summed E-state index contributed by atoms with van der Waals surface area (Å²) in [6, 6.07) is 4.53. The molecule has 0 spiro atoms. The molecule has 0 aliphatic heterocycles. The Bertz CT molecular complexity index is 1320. The lowest BCUT2D eigenvalue weighted by Crippen LogP contribution is -2.28. The van der Waals surface area contributed by atoms with E-state index in [1.807, 2.05) is 29.9 Å². The van der Waals surface area contributed by atoms with Crippen LogP contribution in [0.1, 0.15) is 5.56 Å². The SMILES string of the molecule is Cc1cc(-c2cnc3c(ccn3C)c2)n2nc(OS(=O)(=O)C(F)(F)F)ncc12. The monoisotopic (exact) mass is 411 g/mol. The Morgan fingerprint density at radius 3 is 2.61 bits per heavy atom. The molecule has 0 saturated carbocycles. The van der Waals surface area contributed by atoms with Crippen molar-refractivity contribution in [1.82, 2.24) is 24.1 Å². The summed E-state index contributed by atoms with van der Waals surface area (Å²) in [7, 11) is -4.02. The fourth-order valence-electron chi connectivity index (χ4n) is 2.81. The van der Waals surface area contributed by atoms with Gasteiger partial charge in [0, 0.05) is 30.4 Å². The summed E-state index contributed by atoms with van der Waals surface area (Å²) in [5, 5.41) is 4.69. The van der Waals surface area contributed by atoms with Crippen LogP contribution >= 0.6 is 0 Å². The van der Waals surface area contributed by atoms with E-state index in [0.717, 1.165) is 16.6 Å². The third-order valence-electron chi connectivity index (χ3n) is 4.17. The number of pyridine rings is 1. The van der Waals surface area contributed by atoms with Gasteiger partial charge in [0.15, 0.2) is 0 Å². The van der Waals surface area contributed by atoms with Crippen LogP contribution in [0.4, 0.5) is 13.2 Å². The molecule has 0 amide bonds. The van der Waals surface area contributed by atoms with Gasteiger partial charge in [-0.1, -0.05) is 0 Å². The minimum absolute atomic E-state index is 0.486. The van der Waals surface area contributed by atoms with Crippen LogP contribution in [0.25, 0.3) is 27.8 Å². The molecule has 8 nitrogen and oxygen atoms in total. The summed E-state index contributed by atoms with van der Waals surface area (Å²) in [6.07, 6.45) is 4.64. The fourth-order valence-corrected chi connectivity index (χ4v) is 3.18. The van der Waals surface area contributed by atoms with Gasteiger partial charge in [-0.15, -0.1) is 5.10 Å². The van der Waals surface area contributed by atoms with E-state index in [4.69, 9.17) is 0 Å². The Morgan fingerprint density at radius 2 is 1.89 bits per heavy atom. The zero-order valence-corrected chi connectivity index (χ0v) is 15.3. The van der Waals surface area contributed by atoms with Gasteiger partial charge in [0.2, 0.25) is 0 Å². The molecule has 4 heterocycles. The lowest BCUT2D eigenvalue weighted by atomic mass is 10.1. The predicted octanol–water partition coefficient (Wildman–Crippen LogP) is 2.82. The second-order valence-electron chi connectivity index (χ2n) is 6.10. The van der Waals surface area contributed by atoms with E-state index in [-0.39, 0.29) is 0 Å². The Morgan fingerprint density at radius 1 is 1.14 bits per heavy atom. The van der Waals surface area contributed by atoms with Gasteiger partial charge in [-0.3, -0.25) is 0 Å². The number of hydrogen-bond acceptors (Lipinski definition) is 6. The Labute approximate surface area is 156 Å². The second-order valence-corrected chi connectivity index (χ2v) is 7.63. The van der Waals surface area contributed by atoms with E-state index in [1.54, 1.807) is 19.2 Å². The zero-order chi connectivity index (χ0) is 20.3. The summed E-state index contributed by atoms with van der Waals surface area (Å²) in [4.78, 5) is 7.95. The molecule has 28 heavy (non-hydrogen) atoms. The molecule has 0 N–H and O–H groups in total. The minimum Gasteiger partial charge on any atom is -0.336 e. The average Bonchev–Trinajstić information content (AvgIpc) is 3.14. The van der Waals surface area contributed by atoms with Gasteiger partial charge in [-0.25, -0.2) is 9.50 Å². The number of hydrogen-bond donors (Lipinski definition) is 0. The van der Waals surface area contributed by atoms with Crippen LogP contribution < -0.4 is 4.18 Å². The van der Waals surface area contributed by atoms with E-state index in [1.165, 1.54) is 10.7 Å². The van der Waals surface area contributed by atoms with Crippen LogP contribution in [0.5, 0.6) is 6.01 Å². The van der Waals surface area contributed by atoms with Crippen molar-refractivity contribution in [3.05, 3.63) is 42.4 Å². The third-order valence-corrected chi connectivity index (χ3v) is 5.10. The second kappa shape index (κ2) is 5.92. The van der Waals surface area contributed by atoms with Gasteiger partial charge < -0.3 is 8.75 Å². The Hall–Kier alpha value is -3.15. The van der Waals surface area contributed by atoms with E-state index in [2.05, 4.69) is 19.2 Å². The standard InChI is InChI=1S/C16H12F3N5O3S/c1-9-5-12(11-6-10-3-4-23(2)14(10)20-7-11)24-13(9)8-21-15(22-24)27-28(25,26)16(17,18)19/h3-8H,1-2H3. The third kappa shape index (κ3) is 2.85. The number of alkyl halides is 3. The van der Waals surface area contributed by atoms with Crippen molar-refractivity contribution in [2.75, 3.05) is 0 Å². The lowest BCUT2D eigenvalue weighted by molar-refractivity contribution is -0.0503. The largest absolute Gasteiger partial charge is 0.534 e. The molecule has 0 fully saturated rings. The molecule has 0 unspecified atom stereocenters. The normalized spacial score (nSPS) is 12.8. The summed E-state index contributed by atoms with van der Waals surface area (Å²) in [6.45, 7) is 1.77. The van der Waals surface area contributed by atoms with Gasteiger partial charge in [-0.2, -0.15) is 26.6 Å². The number of fused-ring (bicyclic) bond motifs is 2. The molecule has 0 saturated heterocycles. The van der Waals surface area contributed by atoms with Crippen LogP contribution in [-0.2, 0) is 17.2 Å². The summed E-state index contributed by atoms with van der Waals surface area (Å²) < 4.78 is 67.2.